The fraction of sp³-hybridized carbons (Fsp3) is 0.235. The van der Waals surface area contributed by atoms with Crippen LogP contribution in [0.4, 0.5) is 0 Å². The highest BCUT2D eigenvalue weighted by Gasteiger charge is 2.24. The standard InChI is InChI=1S/C17H16IN3O3/c1-11(23-2)16-13(17(22)24-10-18)9-20-21(16)15-7-3-6-14-12(15)5-4-8-19-14/h3-9,11H,10H2,1-2H3. The van der Waals surface area contributed by atoms with Crippen molar-refractivity contribution in [2.45, 2.75) is 13.0 Å². The molecule has 0 saturated heterocycles. The van der Waals surface area contributed by atoms with Gasteiger partial charge in [-0.25, -0.2) is 9.48 Å². The lowest BCUT2D eigenvalue weighted by molar-refractivity contribution is 0.0577. The molecule has 1 unspecified atom stereocenters. The third kappa shape index (κ3) is 3.01. The van der Waals surface area contributed by atoms with Gasteiger partial charge in [-0.3, -0.25) is 4.98 Å². The molecule has 0 fully saturated rings. The summed E-state index contributed by atoms with van der Waals surface area (Å²) in [6, 6.07) is 9.64. The summed E-state index contributed by atoms with van der Waals surface area (Å²) in [5, 5.41) is 5.36. The third-order valence-corrected chi connectivity index (χ3v) is 4.11. The van der Waals surface area contributed by atoms with Crippen LogP contribution in [0.15, 0.2) is 42.7 Å². The predicted molar refractivity (Wildman–Crippen MR) is 98.6 cm³/mol. The number of hydrogen-bond donors (Lipinski definition) is 0. The summed E-state index contributed by atoms with van der Waals surface area (Å²) in [7, 11) is 1.60. The highest BCUT2D eigenvalue weighted by Crippen LogP contribution is 2.28. The zero-order valence-corrected chi connectivity index (χ0v) is 15.4. The molecular formula is C17H16IN3O3. The molecule has 0 bridgehead atoms. The Morgan fingerprint density at radius 3 is 2.92 bits per heavy atom. The average Bonchev–Trinajstić information content (AvgIpc) is 3.05. The molecule has 0 aliphatic carbocycles. The van der Waals surface area contributed by atoms with Gasteiger partial charge < -0.3 is 9.47 Å². The van der Waals surface area contributed by atoms with Gasteiger partial charge in [0.15, 0.2) is 0 Å². The van der Waals surface area contributed by atoms with Gasteiger partial charge in [-0.1, -0.05) is 6.07 Å². The molecule has 6 nitrogen and oxygen atoms in total. The van der Waals surface area contributed by atoms with Crippen LogP contribution in [0.1, 0.15) is 29.1 Å². The van der Waals surface area contributed by atoms with Gasteiger partial charge in [0.25, 0.3) is 0 Å². The second-order valence-electron chi connectivity index (χ2n) is 5.12. The molecule has 0 spiro atoms. The van der Waals surface area contributed by atoms with Crippen molar-refractivity contribution in [2.24, 2.45) is 0 Å². The molecule has 1 atom stereocenters. The summed E-state index contributed by atoms with van der Waals surface area (Å²) < 4.78 is 12.6. The fourth-order valence-corrected chi connectivity index (χ4v) is 2.89. The van der Waals surface area contributed by atoms with E-state index in [-0.39, 0.29) is 10.7 Å². The Hall–Kier alpha value is -2.00. The number of halogens is 1. The molecule has 24 heavy (non-hydrogen) atoms. The molecule has 0 saturated carbocycles. The first-order valence-corrected chi connectivity index (χ1v) is 8.87. The highest BCUT2D eigenvalue weighted by atomic mass is 127. The van der Waals surface area contributed by atoms with Crippen molar-refractivity contribution >= 4 is 39.5 Å². The number of carbonyl (C=O) groups is 1. The van der Waals surface area contributed by atoms with E-state index < -0.39 is 5.97 Å². The summed E-state index contributed by atoms with van der Waals surface area (Å²) in [4.78, 5) is 16.6. The first-order chi connectivity index (χ1) is 11.7. The van der Waals surface area contributed by atoms with Crippen LogP contribution in [0, 0.1) is 0 Å². The number of fused-ring (bicyclic) bond motifs is 1. The zero-order chi connectivity index (χ0) is 17.1. The van der Waals surface area contributed by atoms with Gasteiger partial charge in [0.1, 0.15) is 10.2 Å². The van der Waals surface area contributed by atoms with E-state index in [9.17, 15) is 4.79 Å². The van der Waals surface area contributed by atoms with Crippen LogP contribution in [-0.4, -0.2) is 32.5 Å². The van der Waals surface area contributed by atoms with E-state index in [1.807, 2.05) is 59.8 Å². The molecule has 0 radical (unpaired) electrons. The Morgan fingerprint density at radius 1 is 1.33 bits per heavy atom. The lowest BCUT2D eigenvalue weighted by atomic mass is 10.1. The Labute approximate surface area is 152 Å². The van der Waals surface area contributed by atoms with Gasteiger partial charge in [0.2, 0.25) is 0 Å². The van der Waals surface area contributed by atoms with Gasteiger partial charge in [0, 0.05) is 18.7 Å². The topological polar surface area (TPSA) is 66.2 Å². The van der Waals surface area contributed by atoms with Crippen molar-refractivity contribution in [1.29, 1.82) is 0 Å². The molecule has 2 heterocycles. The smallest absolute Gasteiger partial charge is 0.342 e. The van der Waals surface area contributed by atoms with Gasteiger partial charge >= 0.3 is 5.97 Å². The summed E-state index contributed by atoms with van der Waals surface area (Å²) in [5.74, 6) is -0.409. The Bertz CT molecular complexity index is 873. The summed E-state index contributed by atoms with van der Waals surface area (Å²) in [6.45, 7) is 1.87. The second kappa shape index (κ2) is 7.27. The van der Waals surface area contributed by atoms with E-state index in [0.717, 1.165) is 16.6 Å². The Balaban J connectivity index is 2.22. The second-order valence-corrected chi connectivity index (χ2v) is 5.74. The van der Waals surface area contributed by atoms with Crippen molar-refractivity contribution in [1.82, 2.24) is 14.8 Å². The maximum absolute atomic E-state index is 12.2. The summed E-state index contributed by atoms with van der Waals surface area (Å²) >= 11 is 1.99. The first kappa shape index (κ1) is 16.8. The number of esters is 1. The molecule has 3 rings (SSSR count). The molecule has 1 aromatic carbocycles. The van der Waals surface area contributed by atoms with E-state index in [2.05, 4.69) is 10.1 Å². The molecule has 3 aromatic rings. The van der Waals surface area contributed by atoms with Gasteiger partial charge in [-0.2, -0.15) is 5.10 Å². The number of benzene rings is 1. The first-order valence-electron chi connectivity index (χ1n) is 7.35. The van der Waals surface area contributed by atoms with E-state index in [0.29, 0.717) is 11.3 Å². The van der Waals surface area contributed by atoms with E-state index >= 15 is 0 Å². The van der Waals surface area contributed by atoms with Crippen molar-refractivity contribution < 1.29 is 14.3 Å². The number of hydrogen-bond acceptors (Lipinski definition) is 5. The van der Waals surface area contributed by atoms with Crippen LogP contribution in [-0.2, 0) is 9.47 Å². The van der Waals surface area contributed by atoms with E-state index in [1.54, 1.807) is 18.0 Å². The predicted octanol–water partition coefficient (Wildman–Crippen LogP) is 3.68. The fourth-order valence-electron chi connectivity index (χ4n) is 2.61. The number of alkyl halides is 1. The quantitative estimate of drug-likeness (QED) is 0.346. The van der Waals surface area contributed by atoms with Crippen molar-refractivity contribution in [2.75, 3.05) is 11.7 Å². The highest BCUT2D eigenvalue weighted by molar-refractivity contribution is 14.1. The van der Waals surface area contributed by atoms with Crippen LogP contribution in [0.5, 0.6) is 0 Å². The largest absolute Gasteiger partial charge is 0.451 e. The number of methoxy groups -OCH3 is 1. The number of nitrogens with zero attached hydrogens (tertiary/aromatic N) is 3. The molecule has 7 heteroatoms. The number of rotatable bonds is 5. The van der Waals surface area contributed by atoms with Crippen molar-refractivity contribution in [3.05, 3.63) is 54.0 Å². The molecule has 124 valence electrons. The summed E-state index contributed by atoms with van der Waals surface area (Å²) in [5.41, 5.74) is 2.76. The van der Waals surface area contributed by atoms with Gasteiger partial charge in [-0.15, -0.1) is 0 Å². The minimum Gasteiger partial charge on any atom is -0.451 e. The maximum atomic E-state index is 12.2. The number of ether oxygens (including phenoxy) is 2. The SMILES string of the molecule is COC(C)c1c(C(=O)OCI)cnn1-c1cccc2ncccc12. The maximum Gasteiger partial charge on any atom is 0.342 e. The zero-order valence-electron chi connectivity index (χ0n) is 13.3. The summed E-state index contributed by atoms with van der Waals surface area (Å²) in [6.07, 6.45) is 2.95. The molecule has 0 amide bonds. The number of pyridine rings is 1. The minimum absolute atomic E-state index is 0.279. The lowest BCUT2D eigenvalue weighted by Crippen LogP contribution is -2.13. The Morgan fingerprint density at radius 2 is 2.17 bits per heavy atom. The van der Waals surface area contributed by atoms with Gasteiger partial charge in [-0.05, 0) is 53.8 Å². The van der Waals surface area contributed by atoms with E-state index in [1.165, 1.54) is 6.20 Å². The van der Waals surface area contributed by atoms with Crippen LogP contribution in [0.25, 0.3) is 16.6 Å². The van der Waals surface area contributed by atoms with Crippen molar-refractivity contribution in [3.8, 4) is 5.69 Å². The van der Waals surface area contributed by atoms with Crippen molar-refractivity contribution in [3.63, 3.8) is 0 Å². The molecule has 0 aliphatic rings. The molecular weight excluding hydrogens is 421 g/mol. The Kier molecular flexibility index (Phi) is 5.10. The normalized spacial score (nSPS) is 12.3. The minimum atomic E-state index is -0.409. The molecule has 0 N–H and O–H groups in total. The van der Waals surface area contributed by atoms with E-state index in [4.69, 9.17) is 9.47 Å². The lowest BCUT2D eigenvalue weighted by Gasteiger charge is -2.16. The monoisotopic (exact) mass is 437 g/mol. The van der Waals surface area contributed by atoms with Crippen LogP contribution < -0.4 is 0 Å². The van der Waals surface area contributed by atoms with Crippen LogP contribution >= 0.6 is 22.6 Å². The third-order valence-electron chi connectivity index (χ3n) is 3.80. The van der Waals surface area contributed by atoms with Gasteiger partial charge in [0.05, 0.1) is 29.2 Å². The molecule has 2 aromatic heterocycles. The van der Waals surface area contributed by atoms with Crippen LogP contribution in [0.3, 0.4) is 0 Å². The molecule has 0 aliphatic heterocycles. The number of aromatic nitrogens is 3. The number of carbonyl (C=O) groups excluding carboxylic acids is 1. The van der Waals surface area contributed by atoms with Crippen LogP contribution in [0.2, 0.25) is 0 Å². The average molecular weight is 437 g/mol.